The van der Waals surface area contributed by atoms with Gasteiger partial charge in [-0.3, -0.25) is 9.59 Å². The fraction of sp³-hybridized carbons (Fsp3) is 0.391. The molecule has 0 unspecified atom stereocenters. The number of hydrogen-bond acceptors (Lipinski definition) is 5. The SMILES string of the molecule is Cc1cc(O)cc(C)c1C[C@H](N)C(=O)N(CCCc1ccc(O)cc1)[C@H](C)C(N)=O. The zero-order chi connectivity index (χ0) is 22.4. The van der Waals surface area contributed by atoms with Gasteiger partial charge in [0.25, 0.3) is 0 Å². The van der Waals surface area contributed by atoms with Gasteiger partial charge in [0, 0.05) is 6.54 Å². The van der Waals surface area contributed by atoms with Crippen LogP contribution in [0.25, 0.3) is 0 Å². The molecule has 0 aliphatic carbocycles. The number of carbonyl (C=O) groups excluding carboxylic acids is 2. The summed E-state index contributed by atoms with van der Waals surface area (Å²) >= 11 is 0. The number of aryl methyl sites for hydroxylation is 3. The van der Waals surface area contributed by atoms with Crippen LogP contribution in [0.3, 0.4) is 0 Å². The molecule has 162 valence electrons. The monoisotopic (exact) mass is 413 g/mol. The Balaban J connectivity index is 2.10. The number of phenolic OH excluding ortho intramolecular Hbond substituents is 2. The Bertz CT molecular complexity index is 873. The number of amides is 2. The molecule has 30 heavy (non-hydrogen) atoms. The van der Waals surface area contributed by atoms with Crippen molar-refractivity contribution in [1.82, 2.24) is 4.90 Å². The lowest BCUT2D eigenvalue weighted by Crippen LogP contribution is -2.53. The van der Waals surface area contributed by atoms with Gasteiger partial charge in [0.1, 0.15) is 17.5 Å². The summed E-state index contributed by atoms with van der Waals surface area (Å²) in [6.45, 7) is 5.66. The molecule has 7 nitrogen and oxygen atoms in total. The molecule has 0 heterocycles. The van der Waals surface area contributed by atoms with Crippen molar-refractivity contribution in [2.75, 3.05) is 6.54 Å². The fourth-order valence-corrected chi connectivity index (χ4v) is 3.58. The number of aromatic hydroxyl groups is 2. The van der Waals surface area contributed by atoms with E-state index in [0.29, 0.717) is 25.8 Å². The van der Waals surface area contributed by atoms with Gasteiger partial charge < -0.3 is 26.6 Å². The highest BCUT2D eigenvalue weighted by atomic mass is 16.3. The minimum Gasteiger partial charge on any atom is -0.508 e. The van der Waals surface area contributed by atoms with Gasteiger partial charge >= 0.3 is 0 Å². The Hall–Kier alpha value is -3.06. The predicted molar refractivity (Wildman–Crippen MR) is 116 cm³/mol. The van der Waals surface area contributed by atoms with Gasteiger partial charge in [-0.1, -0.05) is 12.1 Å². The minimum absolute atomic E-state index is 0.173. The van der Waals surface area contributed by atoms with Crippen molar-refractivity contribution in [1.29, 1.82) is 0 Å². The second-order valence-electron chi connectivity index (χ2n) is 7.75. The van der Waals surface area contributed by atoms with Gasteiger partial charge in [-0.05, 0) is 86.6 Å². The van der Waals surface area contributed by atoms with Gasteiger partial charge in [0.05, 0.1) is 6.04 Å². The van der Waals surface area contributed by atoms with Crippen LogP contribution in [0.2, 0.25) is 0 Å². The molecule has 0 radical (unpaired) electrons. The number of hydrogen-bond donors (Lipinski definition) is 4. The summed E-state index contributed by atoms with van der Waals surface area (Å²) in [6.07, 6.45) is 1.61. The molecular weight excluding hydrogens is 382 g/mol. The topological polar surface area (TPSA) is 130 Å². The largest absolute Gasteiger partial charge is 0.508 e. The van der Waals surface area contributed by atoms with Crippen LogP contribution >= 0.6 is 0 Å². The maximum Gasteiger partial charge on any atom is 0.240 e. The molecule has 0 spiro atoms. The maximum absolute atomic E-state index is 13.1. The Morgan fingerprint density at radius 1 is 1.03 bits per heavy atom. The molecule has 2 aromatic carbocycles. The first-order chi connectivity index (χ1) is 14.1. The summed E-state index contributed by atoms with van der Waals surface area (Å²) in [5.41, 5.74) is 15.3. The molecule has 0 aliphatic heterocycles. The van der Waals surface area contributed by atoms with E-state index >= 15 is 0 Å². The standard InChI is InChI=1S/C23H31N3O4/c1-14-11-19(28)12-15(2)20(14)13-21(24)23(30)26(16(3)22(25)29)10-4-5-17-6-8-18(27)9-7-17/h6-9,11-12,16,21,27-28H,4-5,10,13,24H2,1-3H3,(H2,25,29)/t16-,21+/m1/s1. The smallest absolute Gasteiger partial charge is 0.240 e. The number of benzene rings is 2. The van der Waals surface area contributed by atoms with Crippen molar-refractivity contribution in [2.45, 2.75) is 52.1 Å². The van der Waals surface area contributed by atoms with Crippen LogP contribution in [-0.4, -0.2) is 45.6 Å². The van der Waals surface area contributed by atoms with Gasteiger partial charge in [0.2, 0.25) is 11.8 Å². The van der Waals surface area contributed by atoms with Crippen molar-refractivity contribution in [2.24, 2.45) is 11.5 Å². The highest BCUT2D eigenvalue weighted by molar-refractivity contribution is 5.89. The Morgan fingerprint density at radius 2 is 1.60 bits per heavy atom. The van der Waals surface area contributed by atoms with Crippen LogP contribution < -0.4 is 11.5 Å². The lowest BCUT2D eigenvalue weighted by Gasteiger charge is -2.30. The first-order valence-corrected chi connectivity index (χ1v) is 10.0. The van der Waals surface area contributed by atoms with Gasteiger partial charge in [0.15, 0.2) is 0 Å². The fourth-order valence-electron chi connectivity index (χ4n) is 3.58. The highest BCUT2D eigenvalue weighted by Gasteiger charge is 2.28. The average molecular weight is 414 g/mol. The van der Waals surface area contributed by atoms with Crippen LogP contribution in [0.15, 0.2) is 36.4 Å². The third-order valence-corrected chi connectivity index (χ3v) is 5.39. The Morgan fingerprint density at radius 3 is 2.13 bits per heavy atom. The summed E-state index contributed by atoms with van der Waals surface area (Å²) in [4.78, 5) is 26.3. The van der Waals surface area contributed by atoms with Crippen molar-refractivity contribution >= 4 is 11.8 Å². The molecule has 2 aromatic rings. The van der Waals surface area contributed by atoms with Crippen LogP contribution in [0.4, 0.5) is 0 Å². The van der Waals surface area contributed by atoms with Crippen LogP contribution in [0, 0.1) is 13.8 Å². The second-order valence-corrected chi connectivity index (χ2v) is 7.75. The maximum atomic E-state index is 13.1. The number of primary amides is 1. The predicted octanol–water partition coefficient (Wildman–Crippen LogP) is 1.92. The molecule has 0 fully saturated rings. The summed E-state index contributed by atoms with van der Waals surface area (Å²) < 4.78 is 0. The van der Waals surface area contributed by atoms with Crippen molar-refractivity contribution in [3.8, 4) is 11.5 Å². The molecule has 7 heteroatoms. The zero-order valence-corrected chi connectivity index (χ0v) is 17.8. The van der Waals surface area contributed by atoms with Gasteiger partial charge in [-0.25, -0.2) is 0 Å². The number of rotatable bonds is 9. The number of phenols is 2. The summed E-state index contributed by atoms with van der Waals surface area (Å²) in [7, 11) is 0. The summed E-state index contributed by atoms with van der Waals surface area (Å²) in [6, 6.07) is 8.54. The lowest BCUT2D eigenvalue weighted by molar-refractivity contribution is -0.139. The van der Waals surface area contributed by atoms with Crippen molar-refractivity contribution in [3.63, 3.8) is 0 Å². The molecule has 0 saturated carbocycles. The van der Waals surface area contributed by atoms with Gasteiger partial charge in [-0.15, -0.1) is 0 Å². The number of carbonyl (C=O) groups is 2. The summed E-state index contributed by atoms with van der Waals surface area (Å²) in [5, 5.41) is 19.1. The molecule has 0 saturated heterocycles. The highest BCUT2D eigenvalue weighted by Crippen LogP contribution is 2.22. The van der Waals surface area contributed by atoms with Crippen LogP contribution in [0.1, 0.15) is 35.6 Å². The first-order valence-electron chi connectivity index (χ1n) is 10.0. The van der Waals surface area contributed by atoms with E-state index < -0.39 is 18.0 Å². The van der Waals surface area contributed by atoms with E-state index in [2.05, 4.69) is 0 Å². The first kappa shape index (κ1) is 23.2. The third kappa shape index (κ3) is 5.97. The number of nitrogens with two attached hydrogens (primary N) is 2. The average Bonchev–Trinajstić information content (AvgIpc) is 2.68. The quantitative estimate of drug-likeness (QED) is 0.499. The van der Waals surface area contributed by atoms with E-state index in [1.54, 1.807) is 31.2 Å². The molecule has 2 atom stereocenters. The second kappa shape index (κ2) is 10.1. The normalized spacial score (nSPS) is 12.9. The van der Waals surface area contributed by atoms with Crippen LogP contribution in [-0.2, 0) is 22.4 Å². The Labute approximate surface area is 177 Å². The van der Waals surface area contributed by atoms with E-state index in [1.807, 2.05) is 26.0 Å². The number of nitrogens with zero attached hydrogens (tertiary/aromatic N) is 1. The lowest BCUT2D eigenvalue weighted by atomic mass is 9.95. The zero-order valence-electron chi connectivity index (χ0n) is 17.8. The molecular formula is C23H31N3O4. The van der Waals surface area contributed by atoms with E-state index in [0.717, 1.165) is 22.3 Å². The van der Waals surface area contributed by atoms with Crippen molar-refractivity contribution < 1.29 is 19.8 Å². The molecule has 0 aromatic heterocycles. The van der Waals surface area contributed by atoms with E-state index in [1.165, 1.54) is 4.90 Å². The molecule has 2 rings (SSSR count). The third-order valence-electron chi connectivity index (χ3n) is 5.39. The molecule has 6 N–H and O–H groups in total. The van der Waals surface area contributed by atoms with E-state index in [-0.39, 0.29) is 17.4 Å². The van der Waals surface area contributed by atoms with E-state index in [9.17, 15) is 19.8 Å². The van der Waals surface area contributed by atoms with Crippen LogP contribution in [0.5, 0.6) is 11.5 Å². The molecule has 0 aliphatic rings. The minimum atomic E-state index is -0.831. The van der Waals surface area contributed by atoms with Crippen molar-refractivity contribution in [3.05, 3.63) is 58.7 Å². The van der Waals surface area contributed by atoms with E-state index in [4.69, 9.17) is 11.5 Å². The molecule has 2 amide bonds. The van der Waals surface area contributed by atoms with Gasteiger partial charge in [-0.2, -0.15) is 0 Å². The summed E-state index contributed by atoms with van der Waals surface area (Å²) in [5.74, 6) is -0.549. The molecule has 0 bridgehead atoms. The Kier molecular flexibility index (Phi) is 7.83.